The normalized spacial score (nSPS) is 12.2. The summed E-state index contributed by atoms with van der Waals surface area (Å²) in [4.78, 5) is 25.4. The van der Waals surface area contributed by atoms with Gasteiger partial charge in [-0.1, -0.05) is 17.7 Å². The molecule has 3 aromatic rings. The first kappa shape index (κ1) is 19.9. The number of nitrogens with zero attached hydrogens (tertiary/aromatic N) is 1. The van der Waals surface area contributed by atoms with Gasteiger partial charge in [-0.2, -0.15) is 0 Å². The van der Waals surface area contributed by atoms with Crippen LogP contribution >= 0.6 is 11.6 Å². The molecule has 0 radical (unpaired) electrons. The molecule has 2 aromatic carbocycles. The molecule has 0 aliphatic carbocycles. The van der Waals surface area contributed by atoms with Gasteiger partial charge in [0.2, 0.25) is 5.91 Å². The van der Waals surface area contributed by atoms with Crippen LogP contribution in [-0.2, 0) is 4.79 Å². The number of aromatic nitrogens is 1. The predicted octanol–water partition coefficient (Wildman–Crippen LogP) is 3.31. The van der Waals surface area contributed by atoms with Crippen molar-refractivity contribution in [3.63, 3.8) is 0 Å². The van der Waals surface area contributed by atoms with Gasteiger partial charge in [0.15, 0.2) is 11.6 Å². The summed E-state index contributed by atoms with van der Waals surface area (Å²) in [7, 11) is 0. The Labute approximate surface area is 165 Å². The van der Waals surface area contributed by atoms with E-state index in [1.807, 2.05) is 0 Å². The second kappa shape index (κ2) is 7.61. The highest BCUT2D eigenvalue weighted by Gasteiger charge is 2.27. The number of phenols is 1. The van der Waals surface area contributed by atoms with Crippen molar-refractivity contribution in [2.75, 3.05) is 6.73 Å². The fourth-order valence-electron chi connectivity index (χ4n) is 3.37. The second-order valence-electron chi connectivity index (χ2n) is 6.39. The number of amides is 1. The first-order valence-corrected chi connectivity index (χ1v) is 8.86. The number of carbonyl (C=O) groups is 2. The summed E-state index contributed by atoms with van der Waals surface area (Å²) in [5.41, 5.74) is 1.38. The molecule has 0 fully saturated rings. The van der Waals surface area contributed by atoms with Gasteiger partial charge < -0.3 is 15.5 Å². The lowest BCUT2D eigenvalue weighted by molar-refractivity contribution is -0.123. The minimum absolute atomic E-state index is 0.219. The second-order valence-corrected chi connectivity index (χ2v) is 6.83. The zero-order chi connectivity index (χ0) is 20.6. The number of carbonyl (C=O) groups excluding carboxylic acids is 2. The van der Waals surface area contributed by atoms with Gasteiger partial charge in [-0.25, -0.2) is 4.39 Å². The molecular weight excluding hydrogens is 387 g/mol. The van der Waals surface area contributed by atoms with Gasteiger partial charge >= 0.3 is 0 Å². The first-order chi connectivity index (χ1) is 13.3. The number of aromatic hydroxyl groups is 1. The van der Waals surface area contributed by atoms with E-state index >= 15 is 0 Å². The van der Waals surface area contributed by atoms with Gasteiger partial charge in [0.05, 0.1) is 11.4 Å². The van der Waals surface area contributed by atoms with Gasteiger partial charge in [-0.05, 0) is 43.7 Å². The maximum absolute atomic E-state index is 14.1. The number of hydrogen-bond acceptors (Lipinski definition) is 4. The predicted molar refractivity (Wildman–Crippen MR) is 103 cm³/mol. The van der Waals surface area contributed by atoms with E-state index in [2.05, 4.69) is 5.32 Å². The molecule has 3 N–H and O–H groups in total. The molecule has 0 saturated heterocycles. The van der Waals surface area contributed by atoms with Gasteiger partial charge in [-0.3, -0.25) is 14.2 Å². The van der Waals surface area contributed by atoms with Crippen molar-refractivity contribution in [2.45, 2.75) is 19.8 Å². The summed E-state index contributed by atoms with van der Waals surface area (Å²) in [6.45, 7) is 2.69. The molecule has 1 atom stereocenters. The Morgan fingerprint density at radius 2 is 2.00 bits per heavy atom. The SMILES string of the molecule is Cc1c(C(C)C(=O)NCO)c2cc(O)c(F)cc2n1C(=O)c1cccc(Cl)c1. The molecule has 3 rings (SSSR count). The molecular formula is C20H18ClFN2O4. The monoisotopic (exact) mass is 404 g/mol. The van der Waals surface area contributed by atoms with Gasteiger partial charge in [0, 0.05) is 27.7 Å². The topological polar surface area (TPSA) is 91.6 Å². The summed E-state index contributed by atoms with van der Waals surface area (Å²) in [5.74, 6) is -3.15. The van der Waals surface area contributed by atoms with Crippen LogP contribution < -0.4 is 5.32 Å². The van der Waals surface area contributed by atoms with Crippen LogP contribution in [0.4, 0.5) is 4.39 Å². The van der Waals surface area contributed by atoms with Crippen molar-refractivity contribution < 1.29 is 24.2 Å². The van der Waals surface area contributed by atoms with E-state index in [-0.39, 0.29) is 5.52 Å². The highest BCUT2D eigenvalue weighted by Crippen LogP contribution is 2.36. The molecule has 1 amide bonds. The number of aliphatic hydroxyl groups excluding tert-OH is 1. The minimum Gasteiger partial charge on any atom is -0.505 e. The Hall–Kier alpha value is -2.90. The summed E-state index contributed by atoms with van der Waals surface area (Å²) >= 11 is 5.98. The Morgan fingerprint density at radius 1 is 1.29 bits per heavy atom. The van der Waals surface area contributed by atoms with E-state index in [0.717, 1.165) is 6.07 Å². The van der Waals surface area contributed by atoms with Crippen LogP contribution in [0.25, 0.3) is 10.9 Å². The third-order valence-electron chi connectivity index (χ3n) is 4.68. The number of halogens is 2. The third-order valence-corrected chi connectivity index (χ3v) is 4.91. The van der Waals surface area contributed by atoms with E-state index in [1.54, 1.807) is 32.0 Å². The van der Waals surface area contributed by atoms with E-state index in [0.29, 0.717) is 27.2 Å². The summed E-state index contributed by atoms with van der Waals surface area (Å²) in [5, 5.41) is 21.9. The number of nitrogens with one attached hydrogen (secondary N) is 1. The first-order valence-electron chi connectivity index (χ1n) is 8.48. The molecule has 8 heteroatoms. The number of phenolic OH excluding ortho intramolecular Hbond substituents is 1. The molecule has 0 aliphatic heterocycles. The van der Waals surface area contributed by atoms with E-state index in [4.69, 9.17) is 16.7 Å². The fraction of sp³-hybridized carbons (Fsp3) is 0.200. The fourth-order valence-corrected chi connectivity index (χ4v) is 3.56. The van der Waals surface area contributed by atoms with Crippen molar-refractivity contribution in [2.24, 2.45) is 0 Å². The van der Waals surface area contributed by atoms with E-state index in [1.165, 1.54) is 16.7 Å². The molecule has 1 unspecified atom stereocenters. The molecule has 28 heavy (non-hydrogen) atoms. The average Bonchev–Trinajstić information content (AvgIpc) is 2.92. The highest BCUT2D eigenvalue weighted by atomic mass is 35.5. The summed E-state index contributed by atoms with van der Waals surface area (Å²) in [6.07, 6.45) is 0. The maximum atomic E-state index is 14.1. The lowest BCUT2D eigenvalue weighted by atomic mass is 9.97. The maximum Gasteiger partial charge on any atom is 0.262 e. The van der Waals surface area contributed by atoms with Crippen molar-refractivity contribution >= 4 is 34.3 Å². The third kappa shape index (κ3) is 3.34. The Balaban J connectivity index is 2.28. The van der Waals surface area contributed by atoms with Crippen LogP contribution in [0.2, 0.25) is 5.02 Å². The van der Waals surface area contributed by atoms with Crippen LogP contribution in [0.15, 0.2) is 36.4 Å². The standard InChI is InChI=1S/C20H18ClFN2O4/c1-10(19(27)23-9-25)18-11(2)24(16-8-15(22)17(26)7-14(16)18)20(28)12-4-3-5-13(21)6-12/h3-8,10,25-26H,9H2,1-2H3,(H,23,27). The number of benzene rings is 2. The molecule has 0 bridgehead atoms. The molecule has 0 aliphatic rings. The van der Waals surface area contributed by atoms with Gasteiger partial charge in [0.25, 0.3) is 5.91 Å². The Kier molecular flexibility index (Phi) is 5.40. The van der Waals surface area contributed by atoms with Crippen molar-refractivity contribution in [3.8, 4) is 5.75 Å². The van der Waals surface area contributed by atoms with Gasteiger partial charge in [0.1, 0.15) is 6.73 Å². The van der Waals surface area contributed by atoms with Crippen LogP contribution in [0, 0.1) is 12.7 Å². The number of fused-ring (bicyclic) bond motifs is 1. The number of hydrogen-bond donors (Lipinski definition) is 3. The van der Waals surface area contributed by atoms with E-state index < -0.39 is 36.0 Å². The molecule has 0 spiro atoms. The molecule has 0 saturated carbocycles. The minimum atomic E-state index is -0.885. The molecule has 146 valence electrons. The van der Waals surface area contributed by atoms with Crippen LogP contribution in [0.5, 0.6) is 5.75 Å². The number of aliphatic hydroxyl groups is 1. The average molecular weight is 405 g/mol. The molecule has 1 aromatic heterocycles. The Bertz CT molecular complexity index is 1090. The lowest BCUT2D eigenvalue weighted by Crippen LogP contribution is -2.29. The summed E-state index contributed by atoms with van der Waals surface area (Å²) < 4.78 is 15.4. The van der Waals surface area contributed by atoms with Crippen molar-refractivity contribution in [1.29, 1.82) is 0 Å². The van der Waals surface area contributed by atoms with Crippen molar-refractivity contribution in [3.05, 3.63) is 64.1 Å². The van der Waals surface area contributed by atoms with Crippen LogP contribution in [-0.4, -0.2) is 33.3 Å². The van der Waals surface area contributed by atoms with Crippen LogP contribution in [0.3, 0.4) is 0 Å². The molecule has 6 nitrogen and oxygen atoms in total. The summed E-state index contributed by atoms with van der Waals surface area (Å²) in [6, 6.07) is 8.58. The van der Waals surface area contributed by atoms with Crippen LogP contribution in [0.1, 0.15) is 34.5 Å². The van der Waals surface area contributed by atoms with E-state index in [9.17, 15) is 19.1 Å². The van der Waals surface area contributed by atoms with Crippen molar-refractivity contribution in [1.82, 2.24) is 9.88 Å². The number of rotatable bonds is 4. The Morgan fingerprint density at radius 3 is 2.64 bits per heavy atom. The lowest BCUT2D eigenvalue weighted by Gasteiger charge is -2.12. The largest absolute Gasteiger partial charge is 0.505 e. The highest BCUT2D eigenvalue weighted by molar-refractivity contribution is 6.31. The zero-order valence-corrected chi connectivity index (χ0v) is 15.9. The smallest absolute Gasteiger partial charge is 0.262 e. The van der Waals surface area contributed by atoms with Gasteiger partial charge in [-0.15, -0.1) is 0 Å². The quantitative estimate of drug-likeness (QED) is 0.582. The zero-order valence-electron chi connectivity index (χ0n) is 15.2. The molecule has 1 heterocycles.